The second-order valence-electron chi connectivity index (χ2n) is 5.06. The Morgan fingerprint density at radius 1 is 0.833 bits per heavy atom. The molecule has 2 aromatic carbocycles. The zero-order valence-electron chi connectivity index (χ0n) is 11.1. The second-order valence-corrected chi connectivity index (χ2v) is 5.06. The molecule has 18 heavy (non-hydrogen) atoms. The molecule has 0 unspecified atom stereocenters. The van der Waals surface area contributed by atoms with Crippen molar-refractivity contribution in [1.29, 1.82) is 0 Å². The van der Waals surface area contributed by atoms with Crippen LogP contribution in [0.25, 0.3) is 0 Å². The molecule has 0 saturated heterocycles. The second kappa shape index (κ2) is 5.43. The predicted octanol–water partition coefficient (Wildman–Crippen LogP) is 4.22. The fraction of sp³-hybridized carbons (Fsp3) is 0.294. The van der Waals surface area contributed by atoms with Gasteiger partial charge < -0.3 is 0 Å². The summed E-state index contributed by atoms with van der Waals surface area (Å²) in [6.07, 6.45) is 0.624. The molecule has 0 atom stereocenters. The lowest BCUT2D eigenvalue weighted by Gasteiger charge is -2.38. The molecule has 0 amide bonds. The van der Waals surface area contributed by atoms with E-state index in [1.807, 2.05) is 0 Å². The Hall–Kier alpha value is -1.50. The first kappa shape index (κ1) is 12.9. The summed E-state index contributed by atoms with van der Waals surface area (Å²) >= 11 is 0. The van der Waals surface area contributed by atoms with E-state index in [2.05, 4.69) is 74.5 Å². The molecule has 2 aromatic rings. The van der Waals surface area contributed by atoms with Crippen molar-refractivity contribution in [3.05, 3.63) is 71.8 Å². The van der Waals surface area contributed by atoms with Gasteiger partial charge in [0, 0.05) is 5.41 Å². The molecule has 2 rings (SSSR count). The SMILES string of the molecule is [B]CC(c1ccccc1)(c1ccccc1)C(C)C. The van der Waals surface area contributed by atoms with E-state index in [0.29, 0.717) is 12.2 Å². The Bertz CT molecular complexity index is 434. The average molecular weight is 234 g/mol. The van der Waals surface area contributed by atoms with E-state index >= 15 is 0 Å². The van der Waals surface area contributed by atoms with Gasteiger partial charge in [-0.2, -0.15) is 0 Å². The van der Waals surface area contributed by atoms with Gasteiger partial charge in [-0.3, -0.25) is 0 Å². The maximum absolute atomic E-state index is 6.17. The summed E-state index contributed by atoms with van der Waals surface area (Å²) in [6, 6.07) is 21.2. The molecule has 0 spiro atoms. The highest BCUT2D eigenvalue weighted by atomic mass is 14.4. The maximum atomic E-state index is 6.17. The molecule has 0 aliphatic heterocycles. The normalized spacial score (nSPS) is 11.7. The Kier molecular flexibility index (Phi) is 3.91. The number of hydrogen-bond acceptors (Lipinski definition) is 0. The van der Waals surface area contributed by atoms with Crippen LogP contribution >= 0.6 is 0 Å². The summed E-state index contributed by atoms with van der Waals surface area (Å²) in [4.78, 5) is 0. The van der Waals surface area contributed by atoms with Crippen LogP contribution in [-0.4, -0.2) is 7.85 Å². The Morgan fingerprint density at radius 3 is 1.50 bits per heavy atom. The van der Waals surface area contributed by atoms with Crippen molar-refractivity contribution < 1.29 is 0 Å². The highest BCUT2D eigenvalue weighted by Crippen LogP contribution is 2.41. The standard InChI is InChI=1S/C17H19B/c1-14(2)17(13-18,15-9-5-3-6-10-15)16-11-7-4-8-12-16/h3-12,14H,13H2,1-2H3. The van der Waals surface area contributed by atoms with Gasteiger partial charge in [0.25, 0.3) is 0 Å². The molecule has 0 aliphatic rings. The summed E-state index contributed by atoms with van der Waals surface area (Å²) in [5.74, 6) is 0.451. The fourth-order valence-electron chi connectivity index (χ4n) is 2.78. The highest BCUT2D eigenvalue weighted by Gasteiger charge is 2.34. The van der Waals surface area contributed by atoms with E-state index in [1.54, 1.807) is 0 Å². The summed E-state index contributed by atoms with van der Waals surface area (Å²) < 4.78 is 0. The third-order valence-corrected chi connectivity index (χ3v) is 3.89. The zero-order chi connectivity index (χ0) is 13.0. The van der Waals surface area contributed by atoms with Crippen LogP contribution in [0.3, 0.4) is 0 Å². The largest absolute Gasteiger partial charge is 0.0749 e. The van der Waals surface area contributed by atoms with E-state index in [-0.39, 0.29) is 5.41 Å². The molecular weight excluding hydrogens is 215 g/mol. The molecule has 0 aromatic heterocycles. The minimum Gasteiger partial charge on any atom is -0.0749 e. The van der Waals surface area contributed by atoms with Crippen LogP contribution in [0, 0.1) is 5.92 Å². The highest BCUT2D eigenvalue weighted by molar-refractivity contribution is 6.09. The quantitative estimate of drug-likeness (QED) is 0.695. The van der Waals surface area contributed by atoms with Crippen LogP contribution < -0.4 is 0 Å². The minimum atomic E-state index is -0.0947. The van der Waals surface area contributed by atoms with Crippen molar-refractivity contribution in [3.63, 3.8) is 0 Å². The van der Waals surface area contributed by atoms with Gasteiger partial charge in [0.05, 0.1) is 7.85 Å². The summed E-state index contributed by atoms with van der Waals surface area (Å²) in [5.41, 5.74) is 2.50. The monoisotopic (exact) mass is 234 g/mol. The van der Waals surface area contributed by atoms with Crippen LogP contribution in [0.5, 0.6) is 0 Å². The van der Waals surface area contributed by atoms with Crippen LogP contribution in [-0.2, 0) is 5.41 Å². The van der Waals surface area contributed by atoms with E-state index in [1.165, 1.54) is 11.1 Å². The molecule has 0 nitrogen and oxygen atoms in total. The smallest absolute Gasteiger partial charge is 0.0669 e. The molecule has 2 radical (unpaired) electrons. The third-order valence-electron chi connectivity index (χ3n) is 3.89. The number of benzene rings is 2. The first-order valence-electron chi connectivity index (χ1n) is 6.53. The van der Waals surface area contributed by atoms with Crippen LogP contribution in [0.1, 0.15) is 25.0 Å². The van der Waals surface area contributed by atoms with E-state index in [9.17, 15) is 0 Å². The van der Waals surface area contributed by atoms with Crippen molar-refractivity contribution >= 4 is 7.85 Å². The molecule has 0 fully saturated rings. The molecule has 0 N–H and O–H groups in total. The third kappa shape index (κ3) is 2.10. The van der Waals surface area contributed by atoms with Crippen molar-refractivity contribution in [2.75, 3.05) is 0 Å². The predicted molar refractivity (Wildman–Crippen MR) is 79.1 cm³/mol. The van der Waals surface area contributed by atoms with E-state index < -0.39 is 0 Å². The lowest BCUT2D eigenvalue weighted by molar-refractivity contribution is 0.405. The summed E-state index contributed by atoms with van der Waals surface area (Å²) in [7, 11) is 6.17. The molecule has 0 bridgehead atoms. The maximum Gasteiger partial charge on any atom is 0.0669 e. The van der Waals surface area contributed by atoms with Crippen molar-refractivity contribution in [2.24, 2.45) is 5.92 Å². The number of hydrogen-bond donors (Lipinski definition) is 0. The summed E-state index contributed by atoms with van der Waals surface area (Å²) in [5, 5.41) is 0. The molecule has 90 valence electrons. The Balaban J connectivity index is 2.61. The van der Waals surface area contributed by atoms with Gasteiger partial charge in [-0.15, -0.1) is 0 Å². The van der Waals surface area contributed by atoms with Crippen LogP contribution in [0.15, 0.2) is 60.7 Å². The van der Waals surface area contributed by atoms with Gasteiger partial charge in [0.1, 0.15) is 0 Å². The van der Waals surface area contributed by atoms with Crippen LogP contribution in [0.4, 0.5) is 0 Å². The average Bonchev–Trinajstić information content (AvgIpc) is 2.42. The van der Waals surface area contributed by atoms with Gasteiger partial charge in [0.2, 0.25) is 0 Å². The fourth-order valence-corrected chi connectivity index (χ4v) is 2.78. The lowest BCUT2D eigenvalue weighted by Crippen LogP contribution is -2.33. The van der Waals surface area contributed by atoms with Gasteiger partial charge >= 0.3 is 0 Å². The Labute approximate surface area is 111 Å². The lowest BCUT2D eigenvalue weighted by atomic mass is 9.61. The van der Waals surface area contributed by atoms with Gasteiger partial charge in [-0.25, -0.2) is 0 Å². The molecule has 1 heteroatoms. The van der Waals surface area contributed by atoms with Crippen molar-refractivity contribution in [2.45, 2.75) is 25.6 Å². The first-order chi connectivity index (χ1) is 8.71. The van der Waals surface area contributed by atoms with Crippen molar-refractivity contribution in [3.8, 4) is 0 Å². The number of rotatable bonds is 4. The van der Waals surface area contributed by atoms with Gasteiger partial charge in [-0.05, 0) is 17.0 Å². The van der Waals surface area contributed by atoms with Gasteiger partial charge in [0.15, 0.2) is 0 Å². The van der Waals surface area contributed by atoms with Gasteiger partial charge in [-0.1, -0.05) is 80.8 Å². The first-order valence-corrected chi connectivity index (χ1v) is 6.53. The topological polar surface area (TPSA) is 0 Å². The summed E-state index contributed by atoms with van der Waals surface area (Å²) in [6.45, 7) is 4.49. The molecule has 0 heterocycles. The molecule has 0 aliphatic carbocycles. The zero-order valence-corrected chi connectivity index (χ0v) is 11.1. The molecule has 0 saturated carbocycles. The minimum absolute atomic E-state index is 0.0947. The van der Waals surface area contributed by atoms with E-state index in [4.69, 9.17) is 7.85 Å². The molecular formula is C17H19B. The van der Waals surface area contributed by atoms with Crippen molar-refractivity contribution in [1.82, 2.24) is 0 Å². The van der Waals surface area contributed by atoms with Crippen LogP contribution in [0.2, 0.25) is 6.32 Å². The van der Waals surface area contributed by atoms with E-state index in [0.717, 1.165) is 0 Å². The Morgan fingerprint density at radius 2 is 1.22 bits per heavy atom.